The average molecular weight is 260 g/mol. The van der Waals surface area contributed by atoms with Crippen molar-refractivity contribution in [3.63, 3.8) is 0 Å². The Morgan fingerprint density at radius 1 is 1.00 bits per heavy atom. The Balaban J connectivity index is 5.22. The lowest BCUT2D eigenvalue weighted by molar-refractivity contribution is -0.171. The summed E-state index contributed by atoms with van der Waals surface area (Å²) < 4.78 is 9.50. The van der Waals surface area contributed by atoms with Crippen molar-refractivity contribution in [1.82, 2.24) is 0 Å². The lowest BCUT2D eigenvalue weighted by Crippen LogP contribution is -2.40. The van der Waals surface area contributed by atoms with Gasteiger partial charge >= 0.3 is 17.9 Å². The molecule has 0 aromatic heterocycles. The van der Waals surface area contributed by atoms with Gasteiger partial charge in [-0.15, -0.1) is 0 Å². The van der Waals surface area contributed by atoms with Crippen molar-refractivity contribution < 1.29 is 29.0 Å². The molecule has 0 aliphatic rings. The molecule has 1 N–H and O–H groups in total. The van der Waals surface area contributed by atoms with Gasteiger partial charge in [-0.05, 0) is 19.8 Å². The number of rotatable bonds is 7. The minimum atomic E-state index is -1.41. The Morgan fingerprint density at radius 3 is 1.61 bits per heavy atom. The van der Waals surface area contributed by atoms with Crippen LogP contribution in [0.15, 0.2) is 0 Å². The van der Waals surface area contributed by atoms with E-state index in [9.17, 15) is 14.4 Å². The first-order valence-electron chi connectivity index (χ1n) is 5.92. The largest absolute Gasteiger partial charge is 0.481 e. The molecule has 1 atom stereocenters. The van der Waals surface area contributed by atoms with Crippen molar-refractivity contribution in [3.05, 3.63) is 0 Å². The zero-order valence-electron chi connectivity index (χ0n) is 11.1. The van der Waals surface area contributed by atoms with Gasteiger partial charge in [0.15, 0.2) is 5.92 Å². The molecule has 0 radical (unpaired) electrons. The number of carbonyl (C=O) groups is 3. The maximum atomic E-state index is 11.7. The zero-order chi connectivity index (χ0) is 14.3. The molecule has 0 amide bonds. The molecule has 0 rings (SSSR count). The van der Waals surface area contributed by atoms with Crippen LogP contribution >= 0.6 is 0 Å². The van der Waals surface area contributed by atoms with E-state index in [0.29, 0.717) is 0 Å². The van der Waals surface area contributed by atoms with Crippen LogP contribution in [-0.4, -0.2) is 36.2 Å². The molecule has 0 saturated carbocycles. The summed E-state index contributed by atoms with van der Waals surface area (Å²) in [6.07, 6.45) is 0. The van der Waals surface area contributed by atoms with E-state index in [1.165, 1.54) is 0 Å². The number of carboxylic acids is 1. The van der Waals surface area contributed by atoms with Gasteiger partial charge in [-0.25, -0.2) is 0 Å². The lowest BCUT2D eigenvalue weighted by atomic mass is 9.83. The number of aliphatic carboxylic acids is 1. The Bertz CT molecular complexity index is 292. The van der Waals surface area contributed by atoms with Crippen LogP contribution in [0, 0.1) is 17.8 Å². The highest BCUT2D eigenvalue weighted by molar-refractivity contribution is 5.99. The van der Waals surface area contributed by atoms with Crippen LogP contribution in [0.25, 0.3) is 0 Å². The zero-order valence-corrected chi connectivity index (χ0v) is 11.1. The van der Waals surface area contributed by atoms with Crippen LogP contribution in [0.4, 0.5) is 0 Å². The van der Waals surface area contributed by atoms with Crippen LogP contribution in [0.5, 0.6) is 0 Å². The van der Waals surface area contributed by atoms with Crippen LogP contribution in [0.1, 0.15) is 27.7 Å². The fourth-order valence-electron chi connectivity index (χ4n) is 1.67. The molecule has 0 bridgehead atoms. The van der Waals surface area contributed by atoms with E-state index < -0.39 is 29.7 Å². The van der Waals surface area contributed by atoms with Crippen LogP contribution in [0.2, 0.25) is 0 Å². The molecule has 18 heavy (non-hydrogen) atoms. The number of carbonyl (C=O) groups excluding carboxylic acids is 2. The highest BCUT2D eigenvalue weighted by Gasteiger charge is 2.43. The molecule has 0 spiro atoms. The molecule has 104 valence electrons. The van der Waals surface area contributed by atoms with Gasteiger partial charge in [0.25, 0.3) is 0 Å². The first kappa shape index (κ1) is 16.4. The van der Waals surface area contributed by atoms with E-state index in [-0.39, 0.29) is 19.1 Å². The second-order valence-electron chi connectivity index (χ2n) is 4.09. The first-order chi connectivity index (χ1) is 8.36. The van der Waals surface area contributed by atoms with E-state index in [0.717, 1.165) is 0 Å². The van der Waals surface area contributed by atoms with Crippen molar-refractivity contribution in [2.24, 2.45) is 17.8 Å². The highest BCUT2D eigenvalue weighted by Crippen LogP contribution is 2.24. The van der Waals surface area contributed by atoms with Gasteiger partial charge in [-0.3, -0.25) is 14.4 Å². The van der Waals surface area contributed by atoms with Crippen molar-refractivity contribution in [2.45, 2.75) is 27.7 Å². The van der Waals surface area contributed by atoms with Crippen LogP contribution < -0.4 is 0 Å². The SMILES string of the molecule is CCOC(=O)C(C(=O)OCC)[C@H](C(=O)O)C(C)C. The van der Waals surface area contributed by atoms with Gasteiger partial charge in [-0.1, -0.05) is 13.8 Å². The van der Waals surface area contributed by atoms with Crippen LogP contribution in [-0.2, 0) is 23.9 Å². The van der Waals surface area contributed by atoms with Crippen LogP contribution in [0.3, 0.4) is 0 Å². The summed E-state index contributed by atoms with van der Waals surface area (Å²) in [6.45, 7) is 6.60. The van der Waals surface area contributed by atoms with Crippen molar-refractivity contribution in [3.8, 4) is 0 Å². The number of carboxylic acid groups (broad SMARTS) is 1. The fraction of sp³-hybridized carbons (Fsp3) is 0.750. The van der Waals surface area contributed by atoms with E-state index in [1.807, 2.05) is 0 Å². The number of esters is 2. The monoisotopic (exact) mass is 260 g/mol. The molecule has 0 aromatic carbocycles. The second-order valence-corrected chi connectivity index (χ2v) is 4.09. The Hall–Kier alpha value is -1.59. The minimum Gasteiger partial charge on any atom is -0.481 e. The molecule has 6 nitrogen and oxygen atoms in total. The molecule has 0 heterocycles. The highest BCUT2D eigenvalue weighted by atomic mass is 16.6. The predicted octanol–water partition coefficient (Wildman–Crippen LogP) is 1.09. The average Bonchev–Trinajstić information content (AvgIpc) is 2.24. The maximum absolute atomic E-state index is 11.7. The summed E-state index contributed by atoms with van der Waals surface area (Å²) in [4.78, 5) is 34.6. The van der Waals surface area contributed by atoms with Crippen molar-refractivity contribution in [2.75, 3.05) is 13.2 Å². The fourth-order valence-corrected chi connectivity index (χ4v) is 1.67. The summed E-state index contributed by atoms with van der Waals surface area (Å²) in [5, 5.41) is 9.13. The van der Waals surface area contributed by atoms with Gasteiger partial charge in [0.05, 0.1) is 19.1 Å². The van der Waals surface area contributed by atoms with Gasteiger partial charge in [0, 0.05) is 0 Å². The second kappa shape index (κ2) is 7.68. The van der Waals surface area contributed by atoms with Gasteiger partial charge in [-0.2, -0.15) is 0 Å². The summed E-state index contributed by atoms with van der Waals surface area (Å²) in [7, 11) is 0. The third kappa shape index (κ3) is 4.35. The topological polar surface area (TPSA) is 89.9 Å². The molecule has 0 aromatic rings. The van der Waals surface area contributed by atoms with Gasteiger partial charge in [0.1, 0.15) is 0 Å². The number of ether oxygens (including phenoxy) is 2. The summed E-state index contributed by atoms with van der Waals surface area (Å²) in [6, 6.07) is 0. The Kier molecular flexibility index (Phi) is 7.00. The molecule has 0 fully saturated rings. The Labute approximate surface area is 106 Å². The first-order valence-corrected chi connectivity index (χ1v) is 5.92. The minimum absolute atomic E-state index is 0.0825. The predicted molar refractivity (Wildman–Crippen MR) is 62.7 cm³/mol. The summed E-state index contributed by atoms with van der Waals surface area (Å²) in [5.74, 6) is -5.86. The van der Waals surface area contributed by atoms with E-state index in [1.54, 1.807) is 27.7 Å². The molecule has 0 unspecified atom stereocenters. The lowest BCUT2D eigenvalue weighted by Gasteiger charge is -2.23. The summed E-state index contributed by atoms with van der Waals surface area (Å²) >= 11 is 0. The standard InChI is InChI=1S/C12H20O6/c1-5-17-11(15)9(12(16)18-6-2)8(7(3)4)10(13)14/h7-9H,5-6H2,1-4H3,(H,13,14)/t8-/m1/s1. The molecule has 6 heteroatoms. The van der Waals surface area contributed by atoms with Crippen molar-refractivity contribution in [1.29, 1.82) is 0 Å². The summed E-state index contributed by atoms with van der Waals surface area (Å²) in [5.41, 5.74) is 0. The third-order valence-electron chi connectivity index (χ3n) is 2.44. The number of hydrogen-bond donors (Lipinski definition) is 1. The Morgan fingerprint density at radius 2 is 1.39 bits per heavy atom. The van der Waals surface area contributed by atoms with Gasteiger partial charge in [0.2, 0.25) is 0 Å². The van der Waals surface area contributed by atoms with E-state index in [4.69, 9.17) is 14.6 Å². The molecular weight excluding hydrogens is 240 g/mol. The van der Waals surface area contributed by atoms with E-state index >= 15 is 0 Å². The number of hydrogen-bond acceptors (Lipinski definition) is 5. The van der Waals surface area contributed by atoms with E-state index in [2.05, 4.69) is 0 Å². The maximum Gasteiger partial charge on any atom is 0.321 e. The normalized spacial score (nSPS) is 12.3. The smallest absolute Gasteiger partial charge is 0.321 e. The molecular formula is C12H20O6. The van der Waals surface area contributed by atoms with Crippen molar-refractivity contribution >= 4 is 17.9 Å². The third-order valence-corrected chi connectivity index (χ3v) is 2.44. The molecule has 0 saturated heterocycles. The van der Waals surface area contributed by atoms with Gasteiger partial charge < -0.3 is 14.6 Å². The molecule has 0 aliphatic heterocycles. The molecule has 0 aliphatic carbocycles. The quantitative estimate of drug-likeness (QED) is 0.544.